The molecule has 1 saturated heterocycles. The van der Waals surface area contributed by atoms with Crippen molar-refractivity contribution in [3.63, 3.8) is 0 Å². The smallest absolute Gasteiger partial charge is 0.0653 e. The molecule has 0 radical (unpaired) electrons. The van der Waals surface area contributed by atoms with E-state index in [4.69, 9.17) is 16.3 Å². The lowest BCUT2D eigenvalue weighted by Crippen LogP contribution is -2.19. The Labute approximate surface area is 117 Å². The molecule has 3 rings (SSSR count). The zero-order chi connectivity index (χ0) is 12.5. The van der Waals surface area contributed by atoms with Crippen LogP contribution in [0.1, 0.15) is 30.7 Å². The fraction of sp³-hybridized carbons (Fsp3) is 0.467. The van der Waals surface area contributed by atoms with E-state index in [9.17, 15) is 0 Å². The SMILES string of the molecule is CCC1OCCC1C(Cl)c1csc2ccccc12. The van der Waals surface area contributed by atoms with Crippen molar-refractivity contribution in [1.82, 2.24) is 0 Å². The molecule has 3 heteroatoms. The van der Waals surface area contributed by atoms with Crippen LogP contribution in [0.25, 0.3) is 10.1 Å². The van der Waals surface area contributed by atoms with Gasteiger partial charge in [-0.1, -0.05) is 25.1 Å². The molecule has 3 atom stereocenters. The third-order valence-electron chi connectivity index (χ3n) is 3.85. The fourth-order valence-corrected chi connectivity index (χ4v) is 4.40. The van der Waals surface area contributed by atoms with Gasteiger partial charge in [0.25, 0.3) is 0 Å². The van der Waals surface area contributed by atoms with Gasteiger partial charge in [-0.25, -0.2) is 0 Å². The van der Waals surface area contributed by atoms with Crippen LogP contribution in [0.2, 0.25) is 0 Å². The van der Waals surface area contributed by atoms with Gasteiger partial charge in [0.1, 0.15) is 0 Å². The predicted molar refractivity (Wildman–Crippen MR) is 78.6 cm³/mol. The van der Waals surface area contributed by atoms with Gasteiger partial charge >= 0.3 is 0 Å². The molecule has 1 nitrogen and oxygen atoms in total. The number of halogens is 1. The zero-order valence-electron chi connectivity index (χ0n) is 10.4. The minimum Gasteiger partial charge on any atom is -0.378 e. The van der Waals surface area contributed by atoms with E-state index in [1.165, 1.54) is 15.6 Å². The van der Waals surface area contributed by atoms with Gasteiger partial charge in [0.2, 0.25) is 0 Å². The van der Waals surface area contributed by atoms with Crippen molar-refractivity contribution in [2.24, 2.45) is 5.92 Å². The van der Waals surface area contributed by atoms with Crippen LogP contribution in [0.4, 0.5) is 0 Å². The van der Waals surface area contributed by atoms with E-state index in [2.05, 4.69) is 36.6 Å². The number of ether oxygens (including phenoxy) is 1. The molecule has 1 aliphatic heterocycles. The summed E-state index contributed by atoms with van der Waals surface area (Å²) in [6, 6.07) is 8.51. The summed E-state index contributed by atoms with van der Waals surface area (Å²) in [5, 5.41) is 3.60. The first-order valence-electron chi connectivity index (χ1n) is 6.53. The van der Waals surface area contributed by atoms with E-state index in [0.717, 1.165) is 19.4 Å². The Kier molecular flexibility index (Phi) is 3.60. The molecule has 0 spiro atoms. The first-order valence-corrected chi connectivity index (χ1v) is 7.84. The monoisotopic (exact) mass is 280 g/mol. The number of benzene rings is 1. The largest absolute Gasteiger partial charge is 0.378 e. The summed E-state index contributed by atoms with van der Waals surface area (Å²) in [5.41, 5.74) is 1.28. The topological polar surface area (TPSA) is 9.23 Å². The molecule has 2 aromatic rings. The van der Waals surface area contributed by atoms with Gasteiger partial charge in [0.15, 0.2) is 0 Å². The lowest BCUT2D eigenvalue weighted by molar-refractivity contribution is 0.0865. The zero-order valence-corrected chi connectivity index (χ0v) is 12.0. The summed E-state index contributed by atoms with van der Waals surface area (Å²) in [7, 11) is 0. The maximum atomic E-state index is 6.73. The van der Waals surface area contributed by atoms with Gasteiger partial charge in [-0.15, -0.1) is 22.9 Å². The highest BCUT2D eigenvalue weighted by molar-refractivity contribution is 7.17. The van der Waals surface area contributed by atoms with Crippen molar-refractivity contribution < 1.29 is 4.74 Å². The standard InChI is InChI=1S/C15H17ClOS/c1-2-13-11(7-8-17-13)15(16)12-9-18-14-6-4-3-5-10(12)14/h3-6,9,11,13,15H,2,7-8H2,1H3. The van der Waals surface area contributed by atoms with Crippen LogP contribution in [0.3, 0.4) is 0 Å². The minimum absolute atomic E-state index is 0.0774. The Hall–Kier alpha value is -0.570. The van der Waals surface area contributed by atoms with Crippen LogP contribution in [-0.4, -0.2) is 12.7 Å². The maximum Gasteiger partial charge on any atom is 0.0653 e. The molecule has 0 aliphatic carbocycles. The molecule has 0 N–H and O–H groups in total. The fourth-order valence-electron chi connectivity index (χ4n) is 2.86. The maximum absolute atomic E-state index is 6.73. The quantitative estimate of drug-likeness (QED) is 0.719. The first-order chi connectivity index (χ1) is 8.81. The predicted octanol–water partition coefficient (Wildman–Crippen LogP) is 5.00. The molecule has 0 saturated carbocycles. The number of fused-ring (bicyclic) bond motifs is 1. The second kappa shape index (κ2) is 5.20. The number of hydrogen-bond acceptors (Lipinski definition) is 2. The summed E-state index contributed by atoms with van der Waals surface area (Å²) >= 11 is 8.52. The van der Waals surface area contributed by atoms with Crippen LogP contribution in [-0.2, 0) is 4.74 Å². The lowest BCUT2D eigenvalue weighted by atomic mass is 9.91. The molecule has 2 heterocycles. The molecule has 1 fully saturated rings. The Morgan fingerprint density at radius 3 is 3.11 bits per heavy atom. The summed E-state index contributed by atoms with van der Waals surface area (Å²) in [6.45, 7) is 3.03. The molecule has 0 bridgehead atoms. The van der Waals surface area contributed by atoms with Crippen LogP contribution in [0.5, 0.6) is 0 Å². The summed E-state index contributed by atoms with van der Waals surface area (Å²) in [5.74, 6) is 0.453. The van der Waals surface area contributed by atoms with E-state index in [1.807, 2.05) is 0 Å². The van der Waals surface area contributed by atoms with Gasteiger partial charge in [0.05, 0.1) is 11.5 Å². The summed E-state index contributed by atoms with van der Waals surface area (Å²) < 4.78 is 7.09. The molecular formula is C15H17ClOS. The number of thiophene rings is 1. The van der Waals surface area contributed by atoms with Crippen molar-refractivity contribution in [2.45, 2.75) is 31.2 Å². The van der Waals surface area contributed by atoms with Gasteiger partial charge in [-0.05, 0) is 35.2 Å². The van der Waals surface area contributed by atoms with Gasteiger partial charge in [0, 0.05) is 17.2 Å². The van der Waals surface area contributed by atoms with Crippen LogP contribution >= 0.6 is 22.9 Å². The van der Waals surface area contributed by atoms with Gasteiger partial charge < -0.3 is 4.74 Å². The number of alkyl halides is 1. The van der Waals surface area contributed by atoms with Crippen LogP contribution in [0, 0.1) is 5.92 Å². The second-order valence-corrected chi connectivity index (χ2v) is 6.24. The Morgan fingerprint density at radius 1 is 1.44 bits per heavy atom. The highest BCUT2D eigenvalue weighted by Gasteiger charge is 2.34. The Balaban J connectivity index is 1.94. The van der Waals surface area contributed by atoms with E-state index in [0.29, 0.717) is 12.0 Å². The molecule has 1 aromatic heterocycles. The molecule has 3 unspecified atom stereocenters. The van der Waals surface area contributed by atoms with Gasteiger partial charge in [-0.2, -0.15) is 0 Å². The number of hydrogen-bond donors (Lipinski definition) is 0. The highest BCUT2D eigenvalue weighted by Crippen LogP contribution is 2.43. The van der Waals surface area contributed by atoms with Gasteiger partial charge in [-0.3, -0.25) is 0 Å². The van der Waals surface area contributed by atoms with E-state index in [1.54, 1.807) is 11.3 Å². The average Bonchev–Trinajstić information content (AvgIpc) is 3.04. The third-order valence-corrected chi connectivity index (χ3v) is 5.39. The van der Waals surface area contributed by atoms with E-state index in [-0.39, 0.29) is 5.38 Å². The normalized spacial score (nSPS) is 25.7. The number of rotatable bonds is 3. The van der Waals surface area contributed by atoms with Crippen molar-refractivity contribution >= 4 is 33.0 Å². The van der Waals surface area contributed by atoms with E-state index >= 15 is 0 Å². The van der Waals surface area contributed by atoms with Crippen molar-refractivity contribution in [2.75, 3.05) is 6.61 Å². The molecule has 0 amide bonds. The molecule has 18 heavy (non-hydrogen) atoms. The lowest BCUT2D eigenvalue weighted by Gasteiger charge is -2.21. The second-order valence-electron chi connectivity index (χ2n) is 4.86. The van der Waals surface area contributed by atoms with Crippen LogP contribution < -0.4 is 0 Å². The molecule has 1 aliphatic rings. The average molecular weight is 281 g/mol. The third kappa shape index (κ3) is 2.07. The first kappa shape index (κ1) is 12.5. The minimum atomic E-state index is 0.0774. The highest BCUT2D eigenvalue weighted by atomic mass is 35.5. The van der Waals surface area contributed by atoms with Crippen LogP contribution in [0.15, 0.2) is 29.6 Å². The van der Waals surface area contributed by atoms with Crippen molar-refractivity contribution in [3.05, 3.63) is 35.2 Å². The summed E-state index contributed by atoms with van der Waals surface area (Å²) in [4.78, 5) is 0. The molecular weight excluding hydrogens is 264 g/mol. The van der Waals surface area contributed by atoms with Crippen molar-refractivity contribution in [3.8, 4) is 0 Å². The summed E-state index contributed by atoms with van der Waals surface area (Å²) in [6.07, 6.45) is 2.46. The Bertz CT molecular complexity index is 536. The van der Waals surface area contributed by atoms with E-state index < -0.39 is 0 Å². The Morgan fingerprint density at radius 2 is 2.28 bits per heavy atom. The van der Waals surface area contributed by atoms with Crippen molar-refractivity contribution in [1.29, 1.82) is 0 Å². The molecule has 1 aromatic carbocycles. The molecule has 96 valence electrons.